The van der Waals surface area contributed by atoms with Crippen LogP contribution in [0.1, 0.15) is 35.4 Å². The van der Waals surface area contributed by atoms with E-state index < -0.39 is 10.0 Å². The highest BCUT2D eigenvalue weighted by molar-refractivity contribution is 7.89. The molecule has 2 aliphatic heterocycles. The third-order valence-corrected chi connectivity index (χ3v) is 8.64. The van der Waals surface area contributed by atoms with Gasteiger partial charge in [0.2, 0.25) is 10.0 Å². The highest BCUT2D eigenvalue weighted by Gasteiger charge is 2.33. The van der Waals surface area contributed by atoms with Gasteiger partial charge in [0.15, 0.2) is 0 Å². The number of carbonyl (C=O) groups is 1. The Hall–Kier alpha value is -2.52. The third kappa shape index (κ3) is 4.23. The van der Waals surface area contributed by atoms with Crippen molar-refractivity contribution in [1.29, 1.82) is 0 Å². The van der Waals surface area contributed by atoms with Gasteiger partial charge in [-0.1, -0.05) is 6.07 Å². The molecule has 0 saturated carbocycles. The zero-order chi connectivity index (χ0) is 22.9. The molecule has 4 rings (SSSR count). The summed E-state index contributed by atoms with van der Waals surface area (Å²) in [6, 6.07) is 9.36. The van der Waals surface area contributed by atoms with Crippen molar-refractivity contribution in [2.75, 3.05) is 51.3 Å². The molecule has 0 aliphatic carbocycles. The first-order valence-electron chi connectivity index (χ1n) is 11.2. The number of likely N-dealkylation sites (tertiary alicyclic amines) is 1. The second kappa shape index (κ2) is 9.15. The van der Waals surface area contributed by atoms with Crippen molar-refractivity contribution in [1.82, 2.24) is 13.8 Å². The minimum absolute atomic E-state index is 0.0837. The van der Waals surface area contributed by atoms with Gasteiger partial charge in [0.1, 0.15) is 16.3 Å². The van der Waals surface area contributed by atoms with Crippen molar-refractivity contribution >= 4 is 21.6 Å². The van der Waals surface area contributed by atoms with Gasteiger partial charge in [-0.05, 0) is 44.4 Å². The lowest BCUT2D eigenvalue weighted by atomic mass is 10.1. The predicted molar refractivity (Wildman–Crippen MR) is 124 cm³/mol. The van der Waals surface area contributed by atoms with E-state index in [-0.39, 0.29) is 10.8 Å². The fourth-order valence-electron chi connectivity index (χ4n) is 4.53. The third-order valence-electron chi connectivity index (χ3n) is 6.63. The van der Waals surface area contributed by atoms with Gasteiger partial charge in [-0.2, -0.15) is 4.31 Å². The van der Waals surface area contributed by atoms with Crippen LogP contribution in [0.2, 0.25) is 0 Å². The Morgan fingerprint density at radius 1 is 0.969 bits per heavy atom. The van der Waals surface area contributed by atoms with Crippen molar-refractivity contribution < 1.29 is 17.9 Å². The molecule has 9 heteroatoms. The molecule has 3 heterocycles. The molecular formula is C23H32N4O4S. The van der Waals surface area contributed by atoms with Gasteiger partial charge in [0.05, 0.1) is 7.11 Å². The second-order valence-corrected chi connectivity index (χ2v) is 10.4. The Kier molecular flexibility index (Phi) is 6.48. The van der Waals surface area contributed by atoms with Gasteiger partial charge < -0.3 is 19.1 Å². The number of hydrogen-bond donors (Lipinski definition) is 0. The zero-order valence-electron chi connectivity index (χ0n) is 19.1. The maximum atomic E-state index is 13.5. The number of benzene rings is 1. The lowest BCUT2D eigenvalue weighted by Gasteiger charge is -2.35. The van der Waals surface area contributed by atoms with Crippen LogP contribution < -0.4 is 9.64 Å². The normalized spacial score (nSPS) is 18.1. The van der Waals surface area contributed by atoms with Gasteiger partial charge in [-0.3, -0.25) is 4.79 Å². The van der Waals surface area contributed by atoms with Crippen LogP contribution >= 0.6 is 0 Å². The molecule has 0 spiro atoms. The van der Waals surface area contributed by atoms with Crippen LogP contribution in [0.4, 0.5) is 5.69 Å². The monoisotopic (exact) mass is 460 g/mol. The number of methoxy groups -OCH3 is 1. The van der Waals surface area contributed by atoms with Crippen molar-refractivity contribution in [2.45, 2.75) is 31.1 Å². The van der Waals surface area contributed by atoms with E-state index >= 15 is 0 Å². The number of hydrogen-bond acceptors (Lipinski definition) is 5. The summed E-state index contributed by atoms with van der Waals surface area (Å²) in [7, 11) is -0.282. The quantitative estimate of drug-likeness (QED) is 0.685. The largest absolute Gasteiger partial charge is 0.497 e. The molecular weight excluding hydrogens is 428 g/mol. The number of sulfonamides is 1. The number of piperidine rings is 1. The maximum absolute atomic E-state index is 13.5. The Bertz CT molecular complexity index is 1080. The standard InChI is InChI=1S/C23H32N4O4S/c1-18-22(17-21(24(18)2)23(28)26-10-5-4-6-11-26)32(29,30)27-14-12-25(13-15-27)19-8-7-9-20(16-19)31-3/h7-9,16-17H,4-6,10-15H2,1-3H3. The van der Waals surface area contributed by atoms with Crippen LogP contribution in [0.15, 0.2) is 35.2 Å². The smallest absolute Gasteiger partial charge is 0.270 e. The zero-order valence-corrected chi connectivity index (χ0v) is 19.9. The topological polar surface area (TPSA) is 75.1 Å². The molecule has 8 nitrogen and oxygen atoms in total. The predicted octanol–water partition coefficient (Wildman–Crippen LogP) is 2.48. The molecule has 2 aliphatic rings. The average molecular weight is 461 g/mol. The van der Waals surface area contributed by atoms with E-state index in [1.807, 2.05) is 29.2 Å². The van der Waals surface area contributed by atoms with Gasteiger partial charge in [0.25, 0.3) is 5.91 Å². The lowest BCUT2D eigenvalue weighted by molar-refractivity contribution is 0.0714. The van der Waals surface area contributed by atoms with E-state index in [0.717, 1.165) is 43.8 Å². The summed E-state index contributed by atoms with van der Waals surface area (Å²) in [4.78, 5) is 17.3. The summed E-state index contributed by atoms with van der Waals surface area (Å²) in [5.41, 5.74) is 2.06. The number of nitrogens with zero attached hydrogens (tertiary/aromatic N) is 4. The molecule has 32 heavy (non-hydrogen) atoms. The van der Waals surface area contributed by atoms with Crippen LogP contribution in [-0.2, 0) is 17.1 Å². The average Bonchev–Trinajstić information content (AvgIpc) is 3.14. The number of rotatable bonds is 5. The Morgan fingerprint density at radius 2 is 1.66 bits per heavy atom. The summed E-state index contributed by atoms with van der Waals surface area (Å²) < 4.78 is 35.5. The molecule has 0 radical (unpaired) electrons. The molecule has 2 fully saturated rings. The van der Waals surface area contributed by atoms with Crippen LogP contribution in [0, 0.1) is 6.92 Å². The van der Waals surface area contributed by atoms with Crippen LogP contribution in [0.3, 0.4) is 0 Å². The van der Waals surface area contributed by atoms with E-state index in [1.165, 1.54) is 4.31 Å². The Morgan fingerprint density at radius 3 is 2.31 bits per heavy atom. The van der Waals surface area contributed by atoms with Crippen molar-refractivity contribution in [2.24, 2.45) is 7.05 Å². The SMILES string of the molecule is COc1cccc(N2CCN(S(=O)(=O)c3cc(C(=O)N4CCCCC4)n(C)c3C)CC2)c1. The van der Waals surface area contributed by atoms with E-state index in [9.17, 15) is 13.2 Å². The highest BCUT2D eigenvalue weighted by atomic mass is 32.2. The molecule has 1 aromatic carbocycles. The van der Waals surface area contributed by atoms with Gasteiger partial charge in [0, 0.05) is 63.8 Å². The molecule has 0 unspecified atom stereocenters. The molecule has 1 amide bonds. The molecule has 174 valence electrons. The molecule has 2 aromatic rings. The first-order chi connectivity index (χ1) is 15.3. The first kappa shape index (κ1) is 22.7. The summed E-state index contributed by atoms with van der Waals surface area (Å²) in [5.74, 6) is 0.697. The molecule has 0 bridgehead atoms. The van der Waals surface area contributed by atoms with E-state index in [2.05, 4.69) is 4.90 Å². The minimum atomic E-state index is -3.69. The fraction of sp³-hybridized carbons (Fsp3) is 0.522. The maximum Gasteiger partial charge on any atom is 0.270 e. The summed E-state index contributed by atoms with van der Waals surface area (Å²) in [6.07, 6.45) is 3.13. The summed E-state index contributed by atoms with van der Waals surface area (Å²) in [5, 5.41) is 0. The van der Waals surface area contributed by atoms with Crippen molar-refractivity contribution in [3.63, 3.8) is 0 Å². The van der Waals surface area contributed by atoms with Crippen molar-refractivity contribution in [3.8, 4) is 5.75 Å². The number of carbonyl (C=O) groups excluding carboxylic acids is 1. The molecule has 1 aromatic heterocycles. The summed E-state index contributed by atoms with van der Waals surface area (Å²) >= 11 is 0. The Balaban J connectivity index is 1.51. The number of ether oxygens (including phenoxy) is 1. The van der Waals surface area contributed by atoms with Crippen LogP contribution in [0.25, 0.3) is 0 Å². The highest BCUT2D eigenvalue weighted by Crippen LogP contribution is 2.27. The summed E-state index contributed by atoms with van der Waals surface area (Å²) in [6.45, 7) is 5.21. The fourth-order valence-corrected chi connectivity index (χ4v) is 6.22. The molecule has 0 N–H and O–H groups in total. The van der Waals surface area contributed by atoms with E-state index in [4.69, 9.17) is 4.74 Å². The van der Waals surface area contributed by atoms with Crippen LogP contribution in [-0.4, -0.2) is 74.5 Å². The first-order valence-corrected chi connectivity index (χ1v) is 12.6. The van der Waals surface area contributed by atoms with E-state index in [1.54, 1.807) is 31.7 Å². The van der Waals surface area contributed by atoms with Crippen molar-refractivity contribution in [3.05, 3.63) is 41.7 Å². The number of aromatic nitrogens is 1. The molecule has 0 atom stereocenters. The van der Waals surface area contributed by atoms with Gasteiger partial charge >= 0.3 is 0 Å². The lowest BCUT2D eigenvalue weighted by Crippen LogP contribution is -2.48. The Labute approximate surface area is 190 Å². The number of piperazine rings is 1. The molecule has 2 saturated heterocycles. The van der Waals surface area contributed by atoms with Gasteiger partial charge in [-0.25, -0.2) is 8.42 Å². The van der Waals surface area contributed by atoms with E-state index in [0.29, 0.717) is 37.6 Å². The number of anilines is 1. The second-order valence-electron chi connectivity index (χ2n) is 8.48. The number of amides is 1. The minimum Gasteiger partial charge on any atom is -0.497 e. The van der Waals surface area contributed by atoms with Crippen LogP contribution in [0.5, 0.6) is 5.75 Å². The van der Waals surface area contributed by atoms with Gasteiger partial charge in [-0.15, -0.1) is 0 Å².